The zero-order valence-corrected chi connectivity index (χ0v) is 12.8. The molecule has 0 saturated carbocycles. The van der Waals surface area contributed by atoms with Crippen molar-refractivity contribution in [2.45, 2.75) is 26.1 Å². The highest BCUT2D eigenvalue weighted by atomic mass is 16.3. The van der Waals surface area contributed by atoms with Crippen molar-refractivity contribution in [1.82, 2.24) is 9.88 Å². The van der Waals surface area contributed by atoms with Crippen LogP contribution >= 0.6 is 0 Å². The molecule has 0 spiro atoms. The molecule has 6 nitrogen and oxygen atoms in total. The summed E-state index contributed by atoms with van der Waals surface area (Å²) in [5.74, 6) is 0.717. The van der Waals surface area contributed by atoms with E-state index in [1.54, 1.807) is 25.1 Å². The quantitative estimate of drug-likeness (QED) is 0.827. The van der Waals surface area contributed by atoms with Gasteiger partial charge in [0.05, 0.1) is 18.4 Å². The van der Waals surface area contributed by atoms with E-state index in [9.17, 15) is 15.0 Å². The fourth-order valence-corrected chi connectivity index (χ4v) is 2.60. The molecule has 0 radical (unpaired) electrons. The Morgan fingerprint density at radius 3 is 2.76 bits per heavy atom. The second-order valence-electron chi connectivity index (χ2n) is 5.83. The van der Waals surface area contributed by atoms with Gasteiger partial charge in [0.2, 0.25) is 5.91 Å². The van der Waals surface area contributed by atoms with Crippen LogP contribution in [0.1, 0.15) is 17.7 Å². The van der Waals surface area contributed by atoms with E-state index in [1.807, 2.05) is 17.9 Å². The summed E-state index contributed by atoms with van der Waals surface area (Å²) >= 11 is 0. The number of hydrogen-bond acceptors (Lipinski definition) is 5. The van der Waals surface area contributed by atoms with E-state index in [0.29, 0.717) is 25.2 Å². The van der Waals surface area contributed by atoms with Crippen LogP contribution in [0, 0.1) is 12.8 Å². The minimum Gasteiger partial charge on any atom is -0.391 e. The maximum Gasteiger partial charge on any atom is 0.222 e. The summed E-state index contributed by atoms with van der Waals surface area (Å²) in [4.78, 5) is 19.8. The molecule has 1 aliphatic heterocycles. The van der Waals surface area contributed by atoms with Gasteiger partial charge in [0.15, 0.2) is 0 Å². The Morgan fingerprint density at radius 2 is 2.14 bits per heavy atom. The number of nitrogens with zero attached hydrogens (tertiary/aromatic N) is 3. The number of aryl methyl sites for hydroxylation is 1. The number of carbonyl (C=O) groups excluding carboxylic acids is 1. The van der Waals surface area contributed by atoms with E-state index in [0.717, 1.165) is 11.4 Å². The second-order valence-corrected chi connectivity index (χ2v) is 5.83. The predicted octanol–water partition coefficient (Wildman–Crippen LogP) is 0.158. The minimum absolute atomic E-state index is 0.0229. The van der Waals surface area contributed by atoms with E-state index in [-0.39, 0.29) is 18.4 Å². The van der Waals surface area contributed by atoms with Crippen molar-refractivity contribution in [3.8, 4) is 0 Å². The fraction of sp³-hybridized carbons (Fsp3) is 0.600. The van der Waals surface area contributed by atoms with Crippen LogP contribution < -0.4 is 4.90 Å². The zero-order chi connectivity index (χ0) is 15.6. The minimum atomic E-state index is -0.534. The molecule has 2 atom stereocenters. The van der Waals surface area contributed by atoms with Gasteiger partial charge < -0.3 is 20.0 Å². The van der Waals surface area contributed by atoms with Gasteiger partial charge in [0.25, 0.3) is 0 Å². The zero-order valence-electron chi connectivity index (χ0n) is 12.8. The summed E-state index contributed by atoms with van der Waals surface area (Å²) in [5, 5.41) is 19.4. The van der Waals surface area contributed by atoms with Crippen LogP contribution in [0.3, 0.4) is 0 Å². The lowest BCUT2D eigenvalue weighted by Gasteiger charge is -2.20. The van der Waals surface area contributed by atoms with Crippen LogP contribution in [0.2, 0.25) is 0 Å². The molecule has 1 aromatic heterocycles. The first-order valence-electron chi connectivity index (χ1n) is 7.13. The van der Waals surface area contributed by atoms with Gasteiger partial charge in [-0.15, -0.1) is 0 Å². The maximum absolute atomic E-state index is 11.8. The molecule has 116 valence electrons. The number of rotatable bonds is 4. The van der Waals surface area contributed by atoms with Gasteiger partial charge in [-0.1, -0.05) is 6.07 Å². The molecule has 2 heterocycles. The summed E-state index contributed by atoms with van der Waals surface area (Å²) in [7, 11) is 3.44. The molecule has 2 rings (SSSR count). The molecule has 0 bridgehead atoms. The van der Waals surface area contributed by atoms with Crippen LogP contribution in [0.15, 0.2) is 12.1 Å². The number of pyridine rings is 1. The van der Waals surface area contributed by atoms with Gasteiger partial charge in [0, 0.05) is 39.5 Å². The number of aliphatic hydroxyl groups excluding tert-OH is 2. The topological polar surface area (TPSA) is 76.9 Å². The Balaban J connectivity index is 2.12. The molecular weight excluding hydrogens is 270 g/mol. The van der Waals surface area contributed by atoms with E-state index in [2.05, 4.69) is 4.98 Å². The van der Waals surface area contributed by atoms with Crippen LogP contribution in [0.4, 0.5) is 5.82 Å². The number of β-amino-alcohol motifs (C(OH)–C–C–N with tert-alkyl or cyclic N) is 1. The van der Waals surface area contributed by atoms with E-state index < -0.39 is 6.10 Å². The van der Waals surface area contributed by atoms with Crippen molar-refractivity contribution in [2.75, 3.05) is 32.1 Å². The van der Waals surface area contributed by atoms with Gasteiger partial charge in [-0.05, 0) is 18.6 Å². The van der Waals surface area contributed by atoms with Crippen LogP contribution in [-0.2, 0) is 11.4 Å². The lowest BCUT2D eigenvalue weighted by atomic mass is 10.0. The average Bonchev–Trinajstić information content (AvgIpc) is 2.80. The molecule has 1 saturated heterocycles. The Kier molecular flexibility index (Phi) is 4.80. The molecule has 21 heavy (non-hydrogen) atoms. The highest BCUT2D eigenvalue weighted by Crippen LogP contribution is 2.27. The van der Waals surface area contributed by atoms with Gasteiger partial charge in [-0.25, -0.2) is 4.98 Å². The van der Waals surface area contributed by atoms with Gasteiger partial charge in [0.1, 0.15) is 5.82 Å². The molecule has 0 aliphatic carbocycles. The summed E-state index contributed by atoms with van der Waals surface area (Å²) in [6, 6.07) is 3.71. The summed E-state index contributed by atoms with van der Waals surface area (Å²) in [6.07, 6.45) is -0.198. The monoisotopic (exact) mass is 293 g/mol. The Morgan fingerprint density at radius 1 is 1.43 bits per heavy atom. The van der Waals surface area contributed by atoms with Crippen molar-refractivity contribution >= 4 is 11.7 Å². The lowest BCUT2D eigenvalue weighted by molar-refractivity contribution is -0.130. The number of carbonyl (C=O) groups is 1. The van der Waals surface area contributed by atoms with Gasteiger partial charge in [-0.2, -0.15) is 0 Å². The third kappa shape index (κ3) is 3.51. The van der Waals surface area contributed by atoms with Crippen molar-refractivity contribution in [3.05, 3.63) is 23.4 Å². The first-order chi connectivity index (χ1) is 9.92. The third-order valence-electron chi connectivity index (χ3n) is 3.93. The van der Waals surface area contributed by atoms with Crippen LogP contribution in [-0.4, -0.2) is 59.3 Å². The summed E-state index contributed by atoms with van der Waals surface area (Å²) in [5.41, 5.74) is 1.61. The third-order valence-corrected chi connectivity index (χ3v) is 3.93. The molecule has 1 amide bonds. The molecule has 1 fully saturated rings. The lowest BCUT2D eigenvalue weighted by Crippen LogP contribution is -2.28. The fourth-order valence-electron chi connectivity index (χ4n) is 2.60. The molecule has 0 unspecified atom stereocenters. The Bertz CT molecular complexity index is 519. The standard InChI is InChI=1S/C15H23N3O3/c1-10-4-5-12(9-19)16-15(10)18-7-11(13(20)8-18)6-14(21)17(2)3/h4-5,11,13,19-20H,6-9H2,1-3H3/t11-,13-/m1/s1. The van der Waals surface area contributed by atoms with E-state index >= 15 is 0 Å². The number of hydrogen-bond donors (Lipinski definition) is 2. The number of amides is 1. The Labute approximate surface area is 125 Å². The van der Waals surface area contributed by atoms with Crippen molar-refractivity contribution < 1.29 is 15.0 Å². The highest BCUT2D eigenvalue weighted by molar-refractivity contribution is 5.76. The predicted molar refractivity (Wildman–Crippen MR) is 79.9 cm³/mol. The Hall–Kier alpha value is -1.66. The van der Waals surface area contributed by atoms with E-state index in [4.69, 9.17) is 0 Å². The normalized spacial score (nSPS) is 21.7. The number of anilines is 1. The average molecular weight is 293 g/mol. The van der Waals surface area contributed by atoms with Gasteiger partial charge in [-0.3, -0.25) is 4.79 Å². The maximum atomic E-state index is 11.8. The summed E-state index contributed by atoms with van der Waals surface area (Å²) < 4.78 is 0. The molecule has 0 aromatic carbocycles. The van der Waals surface area contributed by atoms with Crippen molar-refractivity contribution in [3.63, 3.8) is 0 Å². The molecule has 1 aliphatic rings. The largest absolute Gasteiger partial charge is 0.391 e. The number of aromatic nitrogens is 1. The smallest absolute Gasteiger partial charge is 0.222 e. The summed E-state index contributed by atoms with van der Waals surface area (Å²) in [6.45, 7) is 2.91. The number of aliphatic hydroxyl groups is 2. The van der Waals surface area contributed by atoms with Crippen molar-refractivity contribution in [1.29, 1.82) is 0 Å². The molecule has 1 aromatic rings. The highest BCUT2D eigenvalue weighted by Gasteiger charge is 2.34. The molecule has 6 heteroatoms. The SMILES string of the molecule is Cc1ccc(CO)nc1N1C[C@@H](CC(=O)N(C)C)[C@H](O)C1. The first kappa shape index (κ1) is 15.7. The molecule has 2 N–H and O–H groups in total. The first-order valence-corrected chi connectivity index (χ1v) is 7.13. The second kappa shape index (κ2) is 6.41. The van der Waals surface area contributed by atoms with Crippen molar-refractivity contribution in [2.24, 2.45) is 5.92 Å². The van der Waals surface area contributed by atoms with Gasteiger partial charge >= 0.3 is 0 Å². The van der Waals surface area contributed by atoms with Crippen LogP contribution in [0.5, 0.6) is 0 Å². The van der Waals surface area contributed by atoms with E-state index in [1.165, 1.54) is 0 Å². The molecular formula is C15H23N3O3. The van der Waals surface area contributed by atoms with Crippen LogP contribution in [0.25, 0.3) is 0 Å².